The lowest BCUT2D eigenvalue weighted by atomic mass is 10.3. The fourth-order valence-electron chi connectivity index (χ4n) is 0.812. The molecule has 3 nitrogen and oxygen atoms in total. The van der Waals surface area contributed by atoms with Gasteiger partial charge in [0.05, 0.1) is 5.02 Å². The summed E-state index contributed by atoms with van der Waals surface area (Å²) in [6.07, 6.45) is -1.02. The summed E-state index contributed by atoms with van der Waals surface area (Å²) in [5.41, 5.74) is 0. The van der Waals surface area contributed by atoms with Crippen LogP contribution in [0.5, 0.6) is 5.75 Å². The van der Waals surface area contributed by atoms with E-state index in [0.29, 0.717) is 0 Å². The summed E-state index contributed by atoms with van der Waals surface area (Å²) < 4.78 is 17.6. The van der Waals surface area contributed by atoms with E-state index in [4.69, 9.17) is 21.4 Å². The van der Waals surface area contributed by atoms with E-state index >= 15 is 0 Å². The van der Waals surface area contributed by atoms with Crippen LogP contribution in [-0.4, -0.2) is 17.2 Å². The highest BCUT2D eigenvalue weighted by atomic mass is 35.5. The van der Waals surface area contributed by atoms with Gasteiger partial charge in [-0.2, -0.15) is 0 Å². The number of aliphatic carboxylic acids is 1. The molecule has 1 rings (SSSR count). The van der Waals surface area contributed by atoms with E-state index in [-0.39, 0.29) is 10.8 Å². The number of halogens is 2. The van der Waals surface area contributed by atoms with Gasteiger partial charge in [-0.25, -0.2) is 9.18 Å². The third-order valence-electron chi connectivity index (χ3n) is 1.55. The van der Waals surface area contributed by atoms with Gasteiger partial charge in [0.25, 0.3) is 0 Å². The monoisotopic (exact) mass is 218 g/mol. The molecule has 0 saturated heterocycles. The highest BCUT2D eigenvalue weighted by molar-refractivity contribution is 6.32. The molecule has 0 aromatic heterocycles. The predicted molar refractivity (Wildman–Crippen MR) is 49.1 cm³/mol. The largest absolute Gasteiger partial charge is 0.479 e. The number of ether oxygens (including phenoxy) is 1. The minimum absolute atomic E-state index is 0.0538. The fourth-order valence-corrected chi connectivity index (χ4v) is 1.02. The second-order valence-electron chi connectivity index (χ2n) is 2.67. The van der Waals surface area contributed by atoms with Gasteiger partial charge < -0.3 is 9.84 Å². The minimum Gasteiger partial charge on any atom is -0.479 e. The fraction of sp³-hybridized carbons (Fsp3) is 0.222. The van der Waals surface area contributed by atoms with Gasteiger partial charge in [-0.1, -0.05) is 11.6 Å². The van der Waals surface area contributed by atoms with Gasteiger partial charge >= 0.3 is 5.97 Å². The third-order valence-corrected chi connectivity index (χ3v) is 1.84. The molecule has 1 atom stereocenters. The van der Waals surface area contributed by atoms with Gasteiger partial charge in [0.2, 0.25) is 0 Å². The zero-order valence-electron chi connectivity index (χ0n) is 7.33. The number of hydrogen-bond donors (Lipinski definition) is 1. The number of carboxylic acids is 1. The lowest BCUT2D eigenvalue weighted by Crippen LogP contribution is -2.22. The molecular formula is C9H8ClFO3. The summed E-state index contributed by atoms with van der Waals surface area (Å²) in [6, 6.07) is 3.50. The van der Waals surface area contributed by atoms with Crippen molar-refractivity contribution in [2.45, 2.75) is 13.0 Å². The van der Waals surface area contributed by atoms with Crippen LogP contribution >= 0.6 is 11.6 Å². The number of rotatable bonds is 3. The Labute approximate surface area is 85.1 Å². The SMILES string of the molecule is C[C@@H](Oc1ccc(F)cc1Cl)C(=O)O. The molecule has 0 heterocycles. The molecule has 0 saturated carbocycles. The van der Waals surface area contributed by atoms with E-state index < -0.39 is 17.9 Å². The Hall–Kier alpha value is -1.29. The zero-order valence-corrected chi connectivity index (χ0v) is 8.08. The highest BCUT2D eigenvalue weighted by Crippen LogP contribution is 2.25. The Balaban J connectivity index is 2.82. The Bertz CT molecular complexity index is 354. The van der Waals surface area contributed by atoms with Crippen molar-refractivity contribution in [2.75, 3.05) is 0 Å². The van der Waals surface area contributed by atoms with Crippen molar-refractivity contribution in [3.05, 3.63) is 29.0 Å². The minimum atomic E-state index is -1.11. The van der Waals surface area contributed by atoms with E-state index in [1.165, 1.54) is 13.0 Å². The van der Waals surface area contributed by atoms with Crippen molar-refractivity contribution in [2.24, 2.45) is 0 Å². The van der Waals surface area contributed by atoms with E-state index in [2.05, 4.69) is 0 Å². The van der Waals surface area contributed by atoms with Crippen molar-refractivity contribution >= 4 is 17.6 Å². The molecular weight excluding hydrogens is 211 g/mol. The summed E-state index contributed by atoms with van der Waals surface area (Å²) in [4.78, 5) is 10.4. The van der Waals surface area contributed by atoms with E-state index in [9.17, 15) is 9.18 Å². The first-order valence-electron chi connectivity index (χ1n) is 3.85. The Morgan fingerprint density at radius 1 is 1.64 bits per heavy atom. The second kappa shape index (κ2) is 4.28. The van der Waals surface area contributed by atoms with Crippen molar-refractivity contribution in [1.29, 1.82) is 0 Å². The number of carbonyl (C=O) groups is 1. The van der Waals surface area contributed by atoms with Crippen LogP contribution in [0, 0.1) is 5.82 Å². The van der Waals surface area contributed by atoms with Crippen LogP contribution in [0.15, 0.2) is 18.2 Å². The van der Waals surface area contributed by atoms with Crippen LogP contribution in [-0.2, 0) is 4.79 Å². The van der Waals surface area contributed by atoms with Crippen LogP contribution in [0.2, 0.25) is 5.02 Å². The van der Waals surface area contributed by atoms with E-state index in [0.717, 1.165) is 12.1 Å². The summed E-state index contributed by atoms with van der Waals surface area (Å²) in [6.45, 7) is 1.36. The third kappa shape index (κ3) is 2.60. The molecule has 76 valence electrons. The van der Waals surface area contributed by atoms with Crippen molar-refractivity contribution in [3.63, 3.8) is 0 Å². The van der Waals surface area contributed by atoms with Crippen LogP contribution < -0.4 is 4.74 Å². The highest BCUT2D eigenvalue weighted by Gasteiger charge is 2.14. The van der Waals surface area contributed by atoms with Crippen molar-refractivity contribution in [3.8, 4) is 5.75 Å². The second-order valence-corrected chi connectivity index (χ2v) is 3.08. The summed E-state index contributed by atoms with van der Waals surface area (Å²) >= 11 is 5.62. The first-order chi connectivity index (χ1) is 6.50. The molecule has 0 radical (unpaired) electrons. The Morgan fingerprint density at radius 2 is 2.29 bits per heavy atom. The average Bonchev–Trinajstić information content (AvgIpc) is 2.09. The maximum Gasteiger partial charge on any atom is 0.344 e. The summed E-state index contributed by atoms with van der Waals surface area (Å²) in [7, 11) is 0. The molecule has 1 aromatic rings. The lowest BCUT2D eigenvalue weighted by Gasteiger charge is -2.11. The van der Waals surface area contributed by atoms with Gasteiger partial charge in [-0.15, -0.1) is 0 Å². The molecule has 0 aliphatic rings. The molecule has 14 heavy (non-hydrogen) atoms. The van der Waals surface area contributed by atoms with Crippen LogP contribution in [0.1, 0.15) is 6.92 Å². The van der Waals surface area contributed by atoms with Gasteiger partial charge in [-0.3, -0.25) is 0 Å². The molecule has 1 aromatic carbocycles. The van der Waals surface area contributed by atoms with Crippen LogP contribution in [0.3, 0.4) is 0 Å². The molecule has 0 spiro atoms. The molecule has 5 heteroatoms. The van der Waals surface area contributed by atoms with Gasteiger partial charge in [0, 0.05) is 0 Å². The Kier molecular flexibility index (Phi) is 3.30. The standard InChI is InChI=1S/C9H8ClFO3/c1-5(9(12)13)14-8-3-2-6(11)4-7(8)10/h2-5H,1H3,(H,12,13)/t5-/m1/s1. The molecule has 0 bridgehead atoms. The topological polar surface area (TPSA) is 46.5 Å². The molecule has 0 aliphatic carbocycles. The smallest absolute Gasteiger partial charge is 0.344 e. The van der Waals surface area contributed by atoms with Gasteiger partial charge in [0.1, 0.15) is 11.6 Å². The van der Waals surface area contributed by atoms with E-state index in [1.807, 2.05) is 0 Å². The Morgan fingerprint density at radius 3 is 2.79 bits per heavy atom. The van der Waals surface area contributed by atoms with Gasteiger partial charge in [0.15, 0.2) is 6.10 Å². The number of carboxylic acid groups (broad SMARTS) is 1. The molecule has 0 amide bonds. The predicted octanol–water partition coefficient (Wildman–Crippen LogP) is 2.33. The van der Waals surface area contributed by atoms with Crippen LogP contribution in [0.4, 0.5) is 4.39 Å². The van der Waals surface area contributed by atoms with Crippen molar-refractivity contribution < 1.29 is 19.0 Å². The maximum absolute atomic E-state index is 12.6. The van der Waals surface area contributed by atoms with Gasteiger partial charge in [-0.05, 0) is 25.1 Å². The number of hydrogen-bond acceptors (Lipinski definition) is 2. The van der Waals surface area contributed by atoms with Crippen LogP contribution in [0.25, 0.3) is 0 Å². The normalized spacial score (nSPS) is 12.2. The quantitative estimate of drug-likeness (QED) is 0.847. The lowest BCUT2D eigenvalue weighted by molar-refractivity contribution is -0.144. The molecule has 0 unspecified atom stereocenters. The maximum atomic E-state index is 12.6. The molecule has 1 N–H and O–H groups in total. The molecule has 0 fully saturated rings. The van der Waals surface area contributed by atoms with Crippen molar-refractivity contribution in [1.82, 2.24) is 0 Å². The molecule has 0 aliphatic heterocycles. The summed E-state index contributed by atoms with van der Waals surface area (Å²) in [5, 5.41) is 8.60. The zero-order chi connectivity index (χ0) is 10.7. The average molecular weight is 219 g/mol. The first-order valence-corrected chi connectivity index (χ1v) is 4.23. The van der Waals surface area contributed by atoms with E-state index in [1.54, 1.807) is 0 Å². The number of benzene rings is 1. The summed E-state index contributed by atoms with van der Waals surface area (Å²) in [5.74, 6) is -1.45. The first kappa shape index (κ1) is 10.8.